The second-order valence-electron chi connectivity index (χ2n) is 3.95. The second-order valence-corrected chi connectivity index (χ2v) is 6.10. The predicted octanol–water partition coefficient (Wildman–Crippen LogP) is 3.45. The Morgan fingerprint density at radius 1 is 1.50 bits per heavy atom. The third-order valence-electron chi connectivity index (χ3n) is 2.75. The average Bonchev–Trinajstić information content (AvgIpc) is 2.25. The zero-order valence-corrected chi connectivity index (χ0v) is 13.0. The molecule has 1 aromatic carbocycles. The Hall–Kier alpha value is -0.100. The molecule has 90 valence electrons. The van der Waals surface area contributed by atoms with Gasteiger partial charge in [0.1, 0.15) is 0 Å². The summed E-state index contributed by atoms with van der Waals surface area (Å²) in [4.78, 5) is 2.33. The van der Waals surface area contributed by atoms with E-state index in [0.717, 1.165) is 5.69 Å². The molecular formula is C12H19IN2S. The van der Waals surface area contributed by atoms with E-state index in [-0.39, 0.29) is 0 Å². The van der Waals surface area contributed by atoms with E-state index < -0.39 is 0 Å². The van der Waals surface area contributed by atoms with Crippen molar-refractivity contribution in [3.05, 3.63) is 21.8 Å². The smallest absolute Gasteiger partial charge is 0.0503 e. The Kier molecular flexibility index (Phi) is 5.75. The van der Waals surface area contributed by atoms with Crippen molar-refractivity contribution in [1.82, 2.24) is 0 Å². The molecule has 0 saturated carbocycles. The molecule has 0 aliphatic rings. The van der Waals surface area contributed by atoms with Gasteiger partial charge in [0.05, 0.1) is 5.69 Å². The molecule has 0 fully saturated rings. The van der Waals surface area contributed by atoms with Gasteiger partial charge < -0.3 is 10.6 Å². The fourth-order valence-electron chi connectivity index (χ4n) is 1.53. The van der Waals surface area contributed by atoms with Crippen LogP contribution in [0.3, 0.4) is 0 Å². The molecule has 1 rings (SSSR count). The third kappa shape index (κ3) is 3.73. The highest BCUT2D eigenvalue weighted by Gasteiger charge is 2.12. The lowest BCUT2D eigenvalue weighted by Crippen LogP contribution is -2.29. The quantitative estimate of drug-likeness (QED) is 0.652. The van der Waals surface area contributed by atoms with Crippen molar-refractivity contribution in [1.29, 1.82) is 0 Å². The van der Waals surface area contributed by atoms with Crippen LogP contribution in [0.25, 0.3) is 0 Å². The van der Waals surface area contributed by atoms with Crippen molar-refractivity contribution >= 4 is 45.7 Å². The molecule has 0 aromatic heterocycles. The summed E-state index contributed by atoms with van der Waals surface area (Å²) in [5.41, 5.74) is 7.86. The summed E-state index contributed by atoms with van der Waals surface area (Å²) in [7, 11) is 2.15. The average molecular weight is 350 g/mol. The number of hydrogen-bond donors (Lipinski definition) is 1. The van der Waals surface area contributed by atoms with Crippen LogP contribution in [0.4, 0.5) is 11.4 Å². The maximum atomic E-state index is 5.76. The van der Waals surface area contributed by atoms with E-state index in [9.17, 15) is 0 Å². The number of nitrogens with zero attached hydrogens (tertiary/aromatic N) is 1. The van der Waals surface area contributed by atoms with Gasteiger partial charge in [0, 0.05) is 22.3 Å². The zero-order valence-electron chi connectivity index (χ0n) is 10.0. The van der Waals surface area contributed by atoms with Gasteiger partial charge in [-0.25, -0.2) is 0 Å². The van der Waals surface area contributed by atoms with Crippen LogP contribution in [-0.4, -0.2) is 25.1 Å². The van der Waals surface area contributed by atoms with Crippen molar-refractivity contribution in [3.63, 3.8) is 0 Å². The molecule has 0 spiro atoms. The predicted molar refractivity (Wildman–Crippen MR) is 84.4 cm³/mol. The summed E-state index contributed by atoms with van der Waals surface area (Å²) >= 11 is 4.25. The minimum Gasteiger partial charge on any atom is -0.399 e. The van der Waals surface area contributed by atoms with Gasteiger partial charge in [0.2, 0.25) is 0 Å². The van der Waals surface area contributed by atoms with Crippen LogP contribution >= 0.6 is 34.4 Å². The van der Waals surface area contributed by atoms with Crippen LogP contribution in [0, 0.1) is 3.57 Å². The van der Waals surface area contributed by atoms with Gasteiger partial charge in [-0.1, -0.05) is 0 Å². The SMILES string of the molecule is CSCCC(C)N(C)c1ccc(N)cc1I. The second kappa shape index (κ2) is 6.59. The minimum atomic E-state index is 0.560. The largest absolute Gasteiger partial charge is 0.399 e. The molecule has 0 bridgehead atoms. The van der Waals surface area contributed by atoms with Gasteiger partial charge in [-0.15, -0.1) is 0 Å². The van der Waals surface area contributed by atoms with E-state index in [4.69, 9.17) is 5.73 Å². The fraction of sp³-hybridized carbons (Fsp3) is 0.500. The zero-order chi connectivity index (χ0) is 12.1. The van der Waals surface area contributed by atoms with E-state index in [1.54, 1.807) is 0 Å². The molecule has 0 aliphatic heterocycles. The van der Waals surface area contributed by atoms with E-state index in [1.165, 1.54) is 21.4 Å². The standard InChI is InChI=1S/C12H19IN2S/c1-9(6-7-16-3)15(2)12-5-4-10(14)8-11(12)13/h4-5,8-9H,6-7,14H2,1-3H3. The molecule has 16 heavy (non-hydrogen) atoms. The number of nitrogens with two attached hydrogens (primary N) is 1. The molecule has 1 atom stereocenters. The highest BCUT2D eigenvalue weighted by Crippen LogP contribution is 2.26. The Morgan fingerprint density at radius 2 is 2.19 bits per heavy atom. The third-order valence-corrected chi connectivity index (χ3v) is 4.26. The number of hydrogen-bond acceptors (Lipinski definition) is 3. The summed E-state index contributed by atoms with van der Waals surface area (Å²) in [5.74, 6) is 1.21. The summed E-state index contributed by atoms with van der Waals surface area (Å²) < 4.78 is 1.22. The van der Waals surface area contributed by atoms with Crippen molar-refractivity contribution in [2.45, 2.75) is 19.4 Å². The van der Waals surface area contributed by atoms with Gasteiger partial charge in [0.15, 0.2) is 0 Å². The molecule has 1 aromatic rings. The van der Waals surface area contributed by atoms with Gasteiger partial charge in [-0.3, -0.25) is 0 Å². The van der Waals surface area contributed by atoms with Crippen LogP contribution < -0.4 is 10.6 Å². The first kappa shape index (κ1) is 14.0. The van der Waals surface area contributed by atoms with Crippen molar-refractivity contribution in [3.8, 4) is 0 Å². The lowest BCUT2D eigenvalue weighted by Gasteiger charge is -2.28. The van der Waals surface area contributed by atoms with E-state index in [2.05, 4.69) is 53.8 Å². The maximum Gasteiger partial charge on any atom is 0.0503 e. The molecule has 1 unspecified atom stereocenters. The Labute approximate surface area is 116 Å². The Balaban J connectivity index is 2.75. The Bertz CT molecular complexity index is 344. The maximum absolute atomic E-state index is 5.76. The van der Waals surface area contributed by atoms with Gasteiger partial charge in [-0.2, -0.15) is 11.8 Å². The summed E-state index contributed by atoms with van der Waals surface area (Å²) in [6.07, 6.45) is 3.36. The van der Waals surface area contributed by atoms with Gasteiger partial charge in [0.25, 0.3) is 0 Å². The fourth-order valence-corrected chi connectivity index (χ4v) is 3.03. The highest BCUT2D eigenvalue weighted by molar-refractivity contribution is 14.1. The first-order valence-electron chi connectivity index (χ1n) is 5.33. The lowest BCUT2D eigenvalue weighted by molar-refractivity contribution is 0.668. The molecule has 2 nitrogen and oxygen atoms in total. The van der Waals surface area contributed by atoms with E-state index >= 15 is 0 Å². The minimum absolute atomic E-state index is 0.560. The van der Waals surface area contributed by atoms with Crippen molar-refractivity contribution in [2.24, 2.45) is 0 Å². The molecule has 0 amide bonds. The topological polar surface area (TPSA) is 29.3 Å². The highest BCUT2D eigenvalue weighted by atomic mass is 127. The monoisotopic (exact) mass is 350 g/mol. The number of nitrogen functional groups attached to an aromatic ring is 1. The number of rotatable bonds is 5. The van der Waals surface area contributed by atoms with Crippen LogP contribution in [0.1, 0.15) is 13.3 Å². The number of benzene rings is 1. The van der Waals surface area contributed by atoms with Crippen molar-refractivity contribution < 1.29 is 0 Å². The van der Waals surface area contributed by atoms with Gasteiger partial charge >= 0.3 is 0 Å². The number of anilines is 2. The molecule has 0 saturated heterocycles. The molecule has 2 N–H and O–H groups in total. The molecule has 4 heteroatoms. The number of halogens is 1. The van der Waals surface area contributed by atoms with Crippen LogP contribution in [-0.2, 0) is 0 Å². The summed E-state index contributed by atoms with van der Waals surface area (Å²) in [6.45, 7) is 2.27. The van der Waals surface area contributed by atoms with Gasteiger partial charge in [-0.05, 0) is 66.1 Å². The normalized spacial score (nSPS) is 12.5. The molecule has 0 radical (unpaired) electrons. The first-order valence-corrected chi connectivity index (χ1v) is 7.80. The number of thioether (sulfide) groups is 1. The van der Waals surface area contributed by atoms with Crippen molar-refractivity contribution in [2.75, 3.05) is 29.7 Å². The van der Waals surface area contributed by atoms with Crippen LogP contribution in [0.2, 0.25) is 0 Å². The summed E-state index contributed by atoms with van der Waals surface area (Å²) in [5, 5.41) is 0. The molecular weight excluding hydrogens is 331 g/mol. The molecule has 0 heterocycles. The molecule has 0 aliphatic carbocycles. The summed E-state index contributed by atoms with van der Waals surface area (Å²) in [6, 6.07) is 6.65. The Morgan fingerprint density at radius 3 is 2.75 bits per heavy atom. The van der Waals surface area contributed by atoms with E-state index in [0.29, 0.717) is 6.04 Å². The lowest BCUT2D eigenvalue weighted by atomic mass is 10.2. The van der Waals surface area contributed by atoms with E-state index in [1.807, 2.05) is 23.9 Å². The van der Waals surface area contributed by atoms with Crippen LogP contribution in [0.5, 0.6) is 0 Å². The van der Waals surface area contributed by atoms with Crippen LogP contribution in [0.15, 0.2) is 18.2 Å². The first-order chi connectivity index (χ1) is 7.56.